The van der Waals surface area contributed by atoms with Gasteiger partial charge >= 0.3 is 0 Å². The van der Waals surface area contributed by atoms with E-state index in [0.717, 1.165) is 6.61 Å². The number of rotatable bonds is 4. The topological polar surface area (TPSA) is 9.23 Å². The van der Waals surface area contributed by atoms with Gasteiger partial charge in [-0.1, -0.05) is 29.6 Å². The molecule has 0 saturated heterocycles. The van der Waals surface area contributed by atoms with E-state index in [1.807, 2.05) is 6.92 Å². The Morgan fingerprint density at radius 3 is 2.38 bits per heavy atom. The summed E-state index contributed by atoms with van der Waals surface area (Å²) in [6.45, 7) is 11.2. The van der Waals surface area contributed by atoms with Gasteiger partial charge in [0.05, 0.1) is 13.4 Å². The van der Waals surface area contributed by atoms with Gasteiger partial charge < -0.3 is 4.74 Å². The molecule has 1 nitrogen and oxygen atoms in total. The van der Waals surface area contributed by atoms with Crippen molar-refractivity contribution in [3.8, 4) is 0 Å². The maximum atomic E-state index is 5.81. The summed E-state index contributed by atoms with van der Waals surface area (Å²) >= 11 is 0. The lowest BCUT2D eigenvalue weighted by molar-refractivity contribution is -0.0145. The number of aryl methyl sites for hydroxylation is 1. The maximum absolute atomic E-state index is 5.81. The Morgan fingerprint density at radius 1 is 1.25 bits per heavy atom. The summed E-state index contributed by atoms with van der Waals surface area (Å²) in [7, 11) is 5.76. The van der Waals surface area contributed by atoms with Gasteiger partial charge in [0.1, 0.15) is 0 Å². The fraction of sp³-hybridized carbons (Fsp3) is 0.571. The summed E-state index contributed by atoms with van der Waals surface area (Å²) in [6, 6.07) is 4.35. The summed E-state index contributed by atoms with van der Waals surface area (Å²) in [6.07, 6.45) is 0.586. The molecule has 1 aromatic rings. The third kappa shape index (κ3) is 2.68. The molecule has 0 aromatic heterocycles. The van der Waals surface area contributed by atoms with E-state index in [0.29, 0.717) is 6.32 Å². The highest BCUT2D eigenvalue weighted by atomic mass is 16.5. The van der Waals surface area contributed by atoms with Gasteiger partial charge in [-0.25, -0.2) is 0 Å². The molecule has 0 aliphatic heterocycles. The van der Waals surface area contributed by atoms with Crippen molar-refractivity contribution in [1.82, 2.24) is 0 Å². The number of hydrogen-bond donors (Lipinski definition) is 0. The molecular weight excluding hydrogens is 195 g/mol. The molecule has 0 aliphatic carbocycles. The third-order valence-corrected chi connectivity index (χ3v) is 3.03. The number of hydrogen-bond acceptors (Lipinski definition) is 1. The van der Waals surface area contributed by atoms with Crippen molar-refractivity contribution in [3.63, 3.8) is 0 Å². The Hall–Kier alpha value is -0.755. The van der Waals surface area contributed by atoms with E-state index in [1.54, 1.807) is 0 Å². The van der Waals surface area contributed by atoms with Crippen molar-refractivity contribution in [1.29, 1.82) is 0 Å². The monoisotopic (exact) mass is 216 g/mol. The van der Waals surface area contributed by atoms with Crippen molar-refractivity contribution in [2.75, 3.05) is 6.61 Å². The predicted octanol–water partition coefficient (Wildman–Crippen LogP) is 3.24. The molecule has 0 atom stereocenters. The fourth-order valence-electron chi connectivity index (χ4n) is 2.21. The number of ether oxygens (including phenoxy) is 1. The van der Waals surface area contributed by atoms with E-state index in [-0.39, 0.29) is 5.60 Å². The summed E-state index contributed by atoms with van der Waals surface area (Å²) in [5.41, 5.74) is 4.72. The second-order valence-electron chi connectivity index (χ2n) is 4.74. The van der Waals surface area contributed by atoms with Crippen LogP contribution in [0.1, 0.15) is 43.0 Å². The second kappa shape index (κ2) is 5.05. The molecule has 0 unspecified atom stereocenters. The van der Waals surface area contributed by atoms with Gasteiger partial charge in [-0.05, 0) is 45.7 Å². The van der Waals surface area contributed by atoms with Gasteiger partial charge in [-0.3, -0.25) is 0 Å². The molecule has 1 aromatic carbocycles. The molecule has 0 bridgehead atoms. The van der Waals surface area contributed by atoms with Crippen LogP contribution in [0.3, 0.4) is 0 Å². The molecule has 0 heterocycles. The van der Waals surface area contributed by atoms with E-state index in [2.05, 4.69) is 39.8 Å². The van der Waals surface area contributed by atoms with Crippen molar-refractivity contribution in [2.45, 2.75) is 46.5 Å². The first-order chi connectivity index (χ1) is 7.42. The summed E-state index contributed by atoms with van der Waals surface area (Å²) in [5, 5.41) is 0. The van der Waals surface area contributed by atoms with Crippen LogP contribution in [0.5, 0.6) is 0 Å². The van der Waals surface area contributed by atoms with Crippen LogP contribution in [0.2, 0.25) is 0 Å². The minimum atomic E-state index is -0.241. The minimum absolute atomic E-state index is 0.241. The molecule has 0 spiro atoms. The zero-order valence-corrected chi connectivity index (χ0v) is 11.1. The molecule has 0 N–H and O–H groups in total. The first kappa shape index (κ1) is 13.3. The van der Waals surface area contributed by atoms with Crippen LogP contribution in [0.4, 0.5) is 0 Å². The standard InChI is InChI=1S/C14H21BO/c1-6-16-14(4,5)13-8-10(2)7-12(9-15)11(13)3/h7-8H,6,9H2,1-5H3. The van der Waals surface area contributed by atoms with E-state index >= 15 is 0 Å². The Bertz CT molecular complexity index is 369. The lowest BCUT2D eigenvalue weighted by Gasteiger charge is -2.28. The van der Waals surface area contributed by atoms with E-state index in [4.69, 9.17) is 12.6 Å². The smallest absolute Gasteiger partial charge is 0.0877 e. The van der Waals surface area contributed by atoms with Crippen LogP contribution >= 0.6 is 0 Å². The van der Waals surface area contributed by atoms with Crippen LogP contribution in [-0.2, 0) is 16.7 Å². The van der Waals surface area contributed by atoms with Gasteiger partial charge in [0.2, 0.25) is 0 Å². The van der Waals surface area contributed by atoms with Gasteiger partial charge in [-0.15, -0.1) is 0 Å². The Morgan fingerprint density at radius 2 is 1.88 bits per heavy atom. The van der Waals surface area contributed by atoms with Crippen LogP contribution in [0, 0.1) is 13.8 Å². The molecular formula is C14H21BO. The largest absolute Gasteiger partial charge is 0.371 e. The second-order valence-corrected chi connectivity index (χ2v) is 4.74. The molecule has 0 saturated carbocycles. The molecule has 0 amide bonds. The van der Waals surface area contributed by atoms with Crippen molar-refractivity contribution >= 4 is 7.85 Å². The van der Waals surface area contributed by atoms with Gasteiger partial charge in [0, 0.05) is 6.61 Å². The fourth-order valence-corrected chi connectivity index (χ4v) is 2.21. The zero-order valence-electron chi connectivity index (χ0n) is 11.1. The Labute approximate surface area is 101 Å². The highest BCUT2D eigenvalue weighted by Crippen LogP contribution is 2.30. The van der Waals surface area contributed by atoms with Gasteiger partial charge in [-0.2, -0.15) is 0 Å². The molecule has 16 heavy (non-hydrogen) atoms. The first-order valence-corrected chi connectivity index (χ1v) is 5.87. The lowest BCUT2D eigenvalue weighted by atomic mass is 9.84. The molecule has 2 radical (unpaired) electrons. The number of benzene rings is 1. The van der Waals surface area contributed by atoms with Crippen molar-refractivity contribution in [3.05, 3.63) is 34.4 Å². The normalized spacial score (nSPS) is 11.8. The molecule has 2 heteroatoms. The molecule has 1 rings (SSSR count). The van der Waals surface area contributed by atoms with Crippen LogP contribution in [-0.4, -0.2) is 14.5 Å². The average Bonchev–Trinajstić information content (AvgIpc) is 2.20. The van der Waals surface area contributed by atoms with Gasteiger partial charge in [0.15, 0.2) is 0 Å². The SMILES string of the molecule is [B]Cc1cc(C)cc(C(C)(C)OCC)c1C. The highest BCUT2D eigenvalue weighted by Gasteiger charge is 2.23. The lowest BCUT2D eigenvalue weighted by Crippen LogP contribution is -2.23. The quantitative estimate of drug-likeness (QED) is 0.702. The van der Waals surface area contributed by atoms with Crippen LogP contribution in [0.15, 0.2) is 12.1 Å². The van der Waals surface area contributed by atoms with Crippen LogP contribution < -0.4 is 0 Å². The minimum Gasteiger partial charge on any atom is -0.371 e. The Balaban J connectivity index is 3.27. The highest BCUT2D eigenvalue weighted by molar-refractivity contribution is 6.08. The van der Waals surface area contributed by atoms with Crippen molar-refractivity contribution < 1.29 is 4.74 Å². The van der Waals surface area contributed by atoms with E-state index in [1.165, 1.54) is 22.3 Å². The first-order valence-electron chi connectivity index (χ1n) is 5.87. The van der Waals surface area contributed by atoms with Crippen LogP contribution in [0.25, 0.3) is 0 Å². The summed E-state index contributed by atoms with van der Waals surface area (Å²) in [5.74, 6) is 0. The third-order valence-electron chi connectivity index (χ3n) is 3.03. The molecule has 86 valence electrons. The maximum Gasteiger partial charge on any atom is 0.0877 e. The summed E-state index contributed by atoms with van der Waals surface area (Å²) in [4.78, 5) is 0. The summed E-state index contributed by atoms with van der Waals surface area (Å²) < 4.78 is 5.81. The average molecular weight is 216 g/mol. The predicted molar refractivity (Wildman–Crippen MR) is 70.0 cm³/mol. The molecule has 0 fully saturated rings. The van der Waals surface area contributed by atoms with Gasteiger partial charge in [0.25, 0.3) is 0 Å². The van der Waals surface area contributed by atoms with E-state index in [9.17, 15) is 0 Å². The van der Waals surface area contributed by atoms with Crippen molar-refractivity contribution in [2.24, 2.45) is 0 Å². The zero-order chi connectivity index (χ0) is 12.3. The van der Waals surface area contributed by atoms with E-state index < -0.39 is 0 Å². The Kier molecular flexibility index (Phi) is 4.20. The molecule has 0 aliphatic rings.